The molecule has 0 radical (unpaired) electrons. The van der Waals surface area contributed by atoms with E-state index in [1.54, 1.807) is 13.2 Å². The Kier molecular flexibility index (Phi) is 2.01. The molecule has 0 amide bonds. The molecule has 6 nitrogen and oxygen atoms in total. The van der Waals surface area contributed by atoms with Gasteiger partial charge in [-0.3, -0.25) is 0 Å². The van der Waals surface area contributed by atoms with E-state index in [1.807, 2.05) is 18.2 Å². The van der Waals surface area contributed by atoms with Crippen LogP contribution in [-0.2, 0) is 0 Å². The lowest BCUT2D eigenvalue weighted by atomic mass is 10.1. The topological polar surface area (TPSA) is 89.4 Å². The highest BCUT2D eigenvalue weighted by Crippen LogP contribution is 2.21. The summed E-state index contributed by atoms with van der Waals surface area (Å²) in [5.41, 5.74) is 3.26. The normalized spacial score (nSPS) is 10.9. The van der Waals surface area contributed by atoms with Crippen LogP contribution in [0.2, 0.25) is 0 Å². The fourth-order valence-corrected chi connectivity index (χ4v) is 1.80. The minimum absolute atomic E-state index is 0.197. The first-order chi connectivity index (χ1) is 8.26. The number of nitrogens with zero attached hydrogens (tertiary/aromatic N) is 1. The molecular formula is C11H11N5O. The molecule has 1 aromatic carbocycles. The van der Waals surface area contributed by atoms with Crippen molar-refractivity contribution in [3.8, 4) is 11.3 Å². The van der Waals surface area contributed by atoms with Gasteiger partial charge in [0.25, 0.3) is 0 Å². The molecule has 3 aromatic rings. The molecule has 0 atom stereocenters. The van der Waals surface area contributed by atoms with Crippen molar-refractivity contribution in [2.45, 2.75) is 0 Å². The Hall–Kier alpha value is -2.50. The first-order valence-electron chi connectivity index (χ1n) is 5.21. The van der Waals surface area contributed by atoms with Gasteiger partial charge in [-0.1, -0.05) is 6.07 Å². The average molecular weight is 229 g/mol. The van der Waals surface area contributed by atoms with Crippen LogP contribution in [0.5, 0.6) is 0 Å². The number of nitrogens with one attached hydrogen (secondary N) is 4. The van der Waals surface area contributed by atoms with Crippen molar-refractivity contribution in [1.29, 1.82) is 0 Å². The zero-order valence-corrected chi connectivity index (χ0v) is 9.16. The van der Waals surface area contributed by atoms with Crippen molar-refractivity contribution in [2.75, 3.05) is 12.4 Å². The molecule has 2 heterocycles. The second-order valence-corrected chi connectivity index (χ2v) is 3.73. The van der Waals surface area contributed by atoms with Crippen molar-refractivity contribution in [3.63, 3.8) is 0 Å². The van der Waals surface area contributed by atoms with Gasteiger partial charge < -0.3 is 20.3 Å². The fraction of sp³-hybridized carbons (Fsp3) is 0.0909. The number of rotatable bonds is 2. The summed E-state index contributed by atoms with van der Waals surface area (Å²) >= 11 is 0. The van der Waals surface area contributed by atoms with Crippen molar-refractivity contribution in [3.05, 3.63) is 34.9 Å². The maximum absolute atomic E-state index is 11.1. The SMILES string of the molecule is CNc1ncc(-c2ccc3[nH]c(=O)[nH]c3c2)[nH]1. The van der Waals surface area contributed by atoms with Gasteiger partial charge in [-0.15, -0.1) is 0 Å². The quantitative estimate of drug-likeness (QED) is 0.533. The molecule has 0 bridgehead atoms. The smallest absolute Gasteiger partial charge is 0.323 e. The zero-order chi connectivity index (χ0) is 11.8. The maximum Gasteiger partial charge on any atom is 0.323 e. The molecule has 0 unspecified atom stereocenters. The first-order valence-corrected chi connectivity index (χ1v) is 5.21. The highest BCUT2D eigenvalue weighted by Gasteiger charge is 2.04. The summed E-state index contributed by atoms with van der Waals surface area (Å²) in [6.07, 6.45) is 1.75. The van der Waals surface area contributed by atoms with Crippen LogP contribution in [0.25, 0.3) is 22.3 Å². The second kappa shape index (κ2) is 3.51. The van der Waals surface area contributed by atoms with Crippen LogP contribution in [0.4, 0.5) is 5.95 Å². The number of benzene rings is 1. The predicted octanol–water partition coefficient (Wildman–Crippen LogP) is 1.29. The number of aromatic amines is 3. The molecule has 4 N–H and O–H groups in total. The van der Waals surface area contributed by atoms with Gasteiger partial charge in [0.1, 0.15) is 0 Å². The van der Waals surface area contributed by atoms with E-state index < -0.39 is 0 Å². The summed E-state index contributed by atoms with van der Waals surface area (Å²) in [4.78, 5) is 23.9. The number of imidazole rings is 2. The molecule has 3 rings (SSSR count). The monoisotopic (exact) mass is 229 g/mol. The van der Waals surface area contributed by atoms with E-state index >= 15 is 0 Å². The summed E-state index contributed by atoms with van der Waals surface area (Å²) in [5.74, 6) is 0.711. The highest BCUT2D eigenvalue weighted by molar-refractivity contribution is 5.80. The van der Waals surface area contributed by atoms with Gasteiger partial charge in [0, 0.05) is 12.6 Å². The van der Waals surface area contributed by atoms with Crippen LogP contribution in [0.3, 0.4) is 0 Å². The van der Waals surface area contributed by atoms with E-state index in [-0.39, 0.29) is 5.69 Å². The molecular weight excluding hydrogens is 218 g/mol. The number of H-pyrrole nitrogens is 3. The van der Waals surface area contributed by atoms with E-state index in [9.17, 15) is 4.79 Å². The first kappa shape index (κ1) is 9.71. The van der Waals surface area contributed by atoms with E-state index in [1.165, 1.54) is 0 Å². The standard InChI is InChI=1S/C11H11N5O/c1-12-10-13-5-9(14-10)6-2-3-7-8(4-6)16-11(17)15-7/h2-5H,1H3,(H2,12,13,14)(H2,15,16,17). The molecule has 6 heteroatoms. The Labute approximate surface area is 96.1 Å². The van der Waals surface area contributed by atoms with E-state index in [0.29, 0.717) is 5.95 Å². The molecule has 0 aliphatic rings. The van der Waals surface area contributed by atoms with Gasteiger partial charge in [-0.05, 0) is 12.1 Å². The number of hydrogen-bond donors (Lipinski definition) is 4. The number of aromatic nitrogens is 4. The van der Waals surface area contributed by atoms with E-state index in [2.05, 4.69) is 25.3 Å². The largest absolute Gasteiger partial charge is 0.359 e. The van der Waals surface area contributed by atoms with Gasteiger partial charge in [-0.2, -0.15) is 0 Å². The lowest BCUT2D eigenvalue weighted by Gasteiger charge is -1.97. The van der Waals surface area contributed by atoms with Gasteiger partial charge in [0.15, 0.2) is 5.95 Å². The van der Waals surface area contributed by atoms with E-state index in [4.69, 9.17) is 0 Å². The summed E-state index contributed by atoms with van der Waals surface area (Å²) in [7, 11) is 1.80. The molecule has 2 aromatic heterocycles. The Balaban J connectivity index is 2.13. The molecule has 0 saturated carbocycles. The fourth-order valence-electron chi connectivity index (χ4n) is 1.80. The number of hydrogen-bond acceptors (Lipinski definition) is 3. The minimum Gasteiger partial charge on any atom is -0.359 e. The predicted molar refractivity (Wildman–Crippen MR) is 66.0 cm³/mol. The number of anilines is 1. The summed E-state index contributed by atoms with van der Waals surface area (Å²) in [6, 6.07) is 5.70. The molecule has 17 heavy (non-hydrogen) atoms. The second-order valence-electron chi connectivity index (χ2n) is 3.73. The van der Waals surface area contributed by atoms with Crippen LogP contribution < -0.4 is 11.0 Å². The maximum atomic E-state index is 11.1. The molecule has 0 aliphatic heterocycles. The Morgan fingerprint density at radius 1 is 1.18 bits per heavy atom. The highest BCUT2D eigenvalue weighted by atomic mass is 16.1. The lowest BCUT2D eigenvalue weighted by molar-refractivity contribution is 1.21. The molecule has 0 spiro atoms. The third-order valence-electron chi connectivity index (χ3n) is 2.64. The van der Waals surface area contributed by atoms with Gasteiger partial charge in [0.2, 0.25) is 0 Å². The summed E-state index contributed by atoms with van der Waals surface area (Å²) in [5, 5.41) is 2.93. The molecule has 0 aliphatic carbocycles. The van der Waals surface area contributed by atoms with Crippen LogP contribution in [0.1, 0.15) is 0 Å². The van der Waals surface area contributed by atoms with Gasteiger partial charge >= 0.3 is 5.69 Å². The third kappa shape index (κ3) is 1.59. The molecule has 86 valence electrons. The van der Waals surface area contributed by atoms with Gasteiger partial charge in [0.05, 0.1) is 22.9 Å². The molecule has 0 fully saturated rings. The molecule has 0 saturated heterocycles. The van der Waals surface area contributed by atoms with Crippen molar-refractivity contribution in [2.24, 2.45) is 0 Å². The summed E-state index contributed by atoms with van der Waals surface area (Å²) < 4.78 is 0. The summed E-state index contributed by atoms with van der Waals surface area (Å²) in [6.45, 7) is 0. The van der Waals surface area contributed by atoms with E-state index in [0.717, 1.165) is 22.3 Å². The van der Waals surface area contributed by atoms with Crippen molar-refractivity contribution >= 4 is 17.0 Å². The van der Waals surface area contributed by atoms with Crippen molar-refractivity contribution in [1.82, 2.24) is 19.9 Å². The van der Waals surface area contributed by atoms with Crippen LogP contribution in [-0.4, -0.2) is 27.0 Å². The van der Waals surface area contributed by atoms with Gasteiger partial charge in [-0.25, -0.2) is 9.78 Å². The minimum atomic E-state index is -0.197. The lowest BCUT2D eigenvalue weighted by Crippen LogP contribution is -1.99. The average Bonchev–Trinajstić information content (AvgIpc) is 2.92. The third-order valence-corrected chi connectivity index (χ3v) is 2.64. The van der Waals surface area contributed by atoms with Crippen molar-refractivity contribution < 1.29 is 0 Å². The Morgan fingerprint density at radius 2 is 2.00 bits per heavy atom. The van der Waals surface area contributed by atoms with Crippen LogP contribution in [0.15, 0.2) is 29.2 Å². The Bertz CT molecular complexity index is 721. The number of fused-ring (bicyclic) bond motifs is 1. The zero-order valence-electron chi connectivity index (χ0n) is 9.16. The Morgan fingerprint density at radius 3 is 2.76 bits per heavy atom. The van der Waals surface area contributed by atoms with Crippen LogP contribution in [0, 0.1) is 0 Å². The van der Waals surface area contributed by atoms with Crippen LogP contribution >= 0.6 is 0 Å².